The highest BCUT2D eigenvalue weighted by Crippen LogP contribution is 2.36. The van der Waals surface area contributed by atoms with Crippen LogP contribution in [0.15, 0.2) is 12.1 Å². The first kappa shape index (κ1) is 16.5. The van der Waals surface area contributed by atoms with Gasteiger partial charge in [-0.15, -0.1) is 0 Å². The third-order valence-corrected chi connectivity index (χ3v) is 5.09. The number of hydrogen-bond donors (Lipinski definition) is 1. The lowest BCUT2D eigenvalue weighted by atomic mass is 9.80. The summed E-state index contributed by atoms with van der Waals surface area (Å²) in [5.74, 6) is 0.811. The second-order valence-electron chi connectivity index (χ2n) is 6.95. The first-order valence-electron chi connectivity index (χ1n) is 8.94. The average Bonchev–Trinajstić information content (AvgIpc) is 2.36. The molecule has 0 radical (unpaired) electrons. The Bertz CT molecular complexity index is 418. The van der Waals surface area contributed by atoms with Gasteiger partial charge in [0.05, 0.1) is 0 Å². The smallest absolute Gasteiger partial charge is 0.0353 e. The zero-order valence-corrected chi connectivity index (χ0v) is 14.5. The Morgan fingerprint density at radius 2 is 1.48 bits per heavy atom. The molecule has 0 bridgehead atoms. The second-order valence-corrected chi connectivity index (χ2v) is 6.95. The molecule has 1 aromatic carbocycles. The topological polar surface area (TPSA) is 12.0 Å². The monoisotopic (exact) mass is 287 g/mol. The minimum absolute atomic E-state index is 0.550. The van der Waals surface area contributed by atoms with E-state index in [2.05, 4.69) is 45.1 Å². The van der Waals surface area contributed by atoms with Gasteiger partial charge < -0.3 is 5.32 Å². The summed E-state index contributed by atoms with van der Waals surface area (Å²) in [6, 6.07) is 5.26. The molecule has 1 aliphatic rings. The van der Waals surface area contributed by atoms with Gasteiger partial charge >= 0.3 is 0 Å². The number of benzene rings is 1. The van der Waals surface area contributed by atoms with Crippen molar-refractivity contribution < 1.29 is 0 Å². The van der Waals surface area contributed by atoms with Gasteiger partial charge in [-0.25, -0.2) is 0 Å². The zero-order chi connectivity index (χ0) is 15.2. The van der Waals surface area contributed by atoms with Gasteiger partial charge in [-0.2, -0.15) is 0 Å². The van der Waals surface area contributed by atoms with Gasteiger partial charge in [0, 0.05) is 6.04 Å². The van der Waals surface area contributed by atoms with E-state index < -0.39 is 0 Å². The molecule has 0 amide bonds. The summed E-state index contributed by atoms with van der Waals surface area (Å²) in [6.07, 6.45) is 9.92. The first-order chi connectivity index (χ1) is 10.1. The second kappa shape index (κ2) is 7.98. The van der Waals surface area contributed by atoms with Crippen LogP contribution in [-0.2, 0) is 0 Å². The Labute approximate surface area is 131 Å². The lowest BCUT2D eigenvalue weighted by Crippen LogP contribution is -2.30. The van der Waals surface area contributed by atoms with Gasteiger partial charge in [0.25, 0.3) is 0 Å². The summed E-state index contributed by atoms with van der Waals surface area (Å²) < 4.78 is 0. The van der Waals surface area contributed by atoms with Crippen LogP contribution in [-0.4, -0.2) is 6.54 Å². The molecule has 1 unspecified atom stereocenters. The maximum Gasteiger partial charge on any atom is 0.0353 e. The molecule has 0 heterocycles. The third kappa shape index (κ3) is 4.32. The van der Waals surface area contributed by atoms with E-state index in [-0.39, 0.29) is 0 Å². The SMILES string of the molecule is CCNC(c1c(C)cc(C)cc1C)C1CCCCCCC1. The largest absolute Gasteiger partial charge is 0.310 e. The van der Waals surface area contributed by atoms with E-state index in [1.165, 1.54) is 61.6 Å². The lowest BCUT2D eigenvalue weighted by Gasteiger charge is -2.32. The Morgan fingerprint density at radius 3 is 2.00 bits per heavy atom. The van der Waals surface area contributed by atoms with Gasteiger partial charge in [-0.05, 0) is 62.8 Å². The number of hydrogen-bond acceptors (Lipinski definition) is 1. The fraction of sp³-hybridized carbons (Fsp3) is 0.700. The average molecular weight is 287 g/mol. The van der Waals surface area contributed by atoms with Crippen molar-refractivity contribution in [3.63, 3.8) is 0 Å². The van der Waals surface area contributed by atoms with E-state index in [4.69, 9.17) is 0 Å². The number of rotatable bonds is 4. The van der Waals surface area contributed by atoms with E-state index >= 15 is 0 Å². The maximum atomic E-state index is 3.82. The third-order valence-electron chi connectivity index (χ3n) is 5.09. The minimum Gasteiger partial charge on any atom is -0.310 e. The van der Waals surface area contributed by atoms with Gasteiger partial charge in [-0.1, -0.05) is 56.7 Å². The maximum absolute atomic E-state index is 3.82. The molecule has 2 rings (SSSR count). The Morgan fingerprint density at radius 1 is 0.952 bits per heavy atom. The molecule has 0 aliphatic heterocycles. The molecule has 1 fully saturated rings. The molecule has 1 nitrogen and oxygen atoms in total. The number of aryl methyl sites for hydroxylation is 3. The zero-order valence-electron chi connectivity index (χ0n) is 14.5. The van der Waals surface area contributed by atoms with Gasteiger partial charge in [0.1, 0.15) is 0 Å². The first-order valence-corrected chi connectivity index (χ1v) is 8.94. The normalized spacial score (nSPS) is 19.0. The highest BCUT2D eigenvalue weighted by atomic mass is 14.9. The molecule has 1 atom stereocenters. The van der Waals surface area contributed by atoms with Crippen molar-refractivity contribution in [1.29, 1.82) is 0 Å². The molecule has 0 aromatic heterocycles. The predicted molar refractivity (Wildman–Crippen MR) is 92.9 cm³/mol. The van der Waals surface area contributed by atoms with Crippen LogP contribution in [0.25, 0.3) is 0 Å². The summed E-state index contributed by atoms with van der Waals surface area (Å²) in [6.45, 7) is 10.1. The molecule has 118 valence electrons. The van der Waals surface area contributed by atoms with E-state index in [1.807, 2.05) is 0 Å². The van der Waals surface area contributed by atoms with Crippen molar-refractivity contribution in [2.75, 3.05) is 6.54 Å². The van der Waals surface area contributed by atoms with E-state index in [9.17, 15) is 0 Å². The van der Waals surface area contributed by atoms with Crippen LogP contribution in [0.1, 0.15) is 80.2 Å². The molecular formula is C20H33N. The van der Waals surface area contributed by atoms with Crippen LogP contribution in [0.4, 0.5) is 0 Å². The van der Waals surface area contributed by atoms with Crippen molar-refractivity contribution >= 4 is 0 Å². The molecule has 1 heteroatoms. The lowest BCUT2D eigenvalue weighted by molar-refractivity contribution is 0.290. The Balaban J connectivity index is 2.28. The Hall–Kier alpha value is -0.820. The van der Waals surface area contributed by atoms with Gasteiger partial charge in [0.2, 0.25) is 0 Å². The van der Waals surface area contributed by atoms with Crippen LogP contribution in [0.5, 0.6) is 0 Å². The quantitative estimate of drug-likeness (QED) is 0.757. The van der Waals surface area contributed by atoms with Crippen LogP contribution in [0.2, 0.25) is 0 Å². The molecule has 0 spiro atoms. The summed E-state index contributed by atoms with van der Waals surface area (Å²) in [4.78, 5) is 0. The summed E-state index contributed by atoms with van der Waals surface area (Å²) in [5, 5.41) is 3.82. The van der Waals surface area contributed by atoms with E-state index in [1.54, 1.807) is 5.56 Å². The summed E-state index contributed by atoms with van der Waals surface area (Å²) >= 11 is 0. The fourth-order valence-electron chi connectivity index (χ4n) is 4.23. The van der Waals surface area contributed by atoms with Crippen molar-refractivity contribution in [2.24, 2.45) is 5.92 Å². The van der Waals surface area contributed by atoms with Gasteiger partial charge in [0.15, 0.2) is 0 Å². The summed E-state index contributed by atoms with van der Waals surface area (Å²) in [7, 11) is 0. The Kier molecular flexibility index (Phi) is 6.29. The highest BCUT2D eigenvalue weighted by molar-refractivity contribution is 5.40. The molecule has 0 saturated heterocycles. The van der Waals surface area contributed by atoms with Crippen molar-refractivity contribution in [3.05, 3.63) is 34.4 Å². The molecular weight excluding hydrogens is 254 g/mol. The van der Waals surface area contributed by atoms with Gasteiger partial charge in [-0.3, -0.25) is 0 Å². The van der Waals surface area contributed by atoms with E-state index in [0.717, 1.165) is 12.5 Å². The predicted octanol–water partition coefficient (Wildman–Crippen LogP) is 5.62. The van der Waals surface area contributed by atoms with Crippen LogP contribution < -0.4 is 5.32 Å². The van der Waals surface area contributed by atoms with Crippen molar-refractivity contribution in [2.45, 2.75) is 78.7 Å². The molecule has 21 heavy (non-hydrogen) atoms. The van der Waals surface area contributed by atoms with Crippen LogP contribution in [0, 0.1) is 26.7 Å². The summed E-state index contributed by atoms with van der Waals surface area (Å²) in [5.41, 5.74) is 5.91. The highest BCUT2D eigenvalue weighted by Gasteiger charge is 2.25. The molecule has 1 aliphatic carbocycles. The number of nitrogens with one attached hydrogen (secondary N) is 1. The molecule has 1 aromatic rings. The molecule has 1 saturated carbocycles. The standard InChI is InChI=1S/C20H33N/c1-5-21-20(18-11-9-7-6-8-10-12-18)19-16(3)13-15(2)14-17(19)4/h13-14,18,20-21H,5-12H2,1-4H3. The van der Waals surface area contributed by atoms with Crippen LogP contribution in [0.3, 0.4) is 0 Å². The van der Waals surface area contributed by atoms with Crippen LogP contribution >= 0.6 is 0 Å². The van der Waals surface area contributed by atoms with Crippen molar-refractivity contribution in [3.8, 4) is 0 Å². The van der Waals surface area contributed by atoms with E-state index in [0.29, 0.717) is 6.04 Å². The fourth-order valence-corrected chi connectivity index (χ4v) is 4.23. The van der Waals surface area contributed by atoms with Crippen molar-refractivity contribution in [1.82, 2.24) is 5.32 Å². The molecule has 1 N–H and O–H groups in total. The minimum atomic E-state index is 0.550.